The van der Waals surface area contributed by atoms with Gasteiger partial charge >= 0.3 is 5.97 Å². The van der Waals surface area contributed by atoms with E-state index < -0.39 is 11.9 Å². The number of nitrogens with one attached hydrogen (secondary N) is 1. The van der Waals surface area contributed by atoms with Gasteiger partial charge in [-0.15, -0.1) is 0 Å². The Morgan fingerprint density at radius 3 is 2.47 bits per heavy atom. The van der Waals surface area contributed by atoms with Gasteiger partial charge in [0.25, 0.3) is 0 Å². The van der Waals surface area contributed by atoms with Crippen molar-refractivity contribution >= 4 is 11.7 Å². The predicted octanol–water partition coefficient (Wildman–Crippen LogP) is 2.62. The number of aliphatic carboxylic acids is 1. The number of carboxylic acids is 1. The molecule has 5 nitrogen and oxygen atoms in total. The highest BCUT2D eigenvalue weighted by Crippen LogP contribution is 2.30. The van der Waals surface area contributed by atoms with Gasteiger partial charge in [-0.25, -0.2) is 0 Å². The lowest BCUT2D eigenvalue weighted by Crippen LogP contribution is -2.19. The second-order valence-electron chi connectivity index (χ2n) is 4.15. The number of hydrogen-bond acceptors (Lipinski definition) is 4. The van der Waals surface area contributed by atoms with Crippen LogP contribution in [0.4, 0.5) is 5.69 Å². The summed E-state index contributed by atoms with van der Waals surface area (Å²) in [6.45, 7) is 6.97. The van der Waals surface area contributed by atoms with Crippen molar-refractivity contribution < 1.29 is 19.4 Å². The molecule has 1 unspecified atom stereocenters. The number of benzene rings is 1. The molecule has 1 aromatic carbocycles. The zero-order valence-electron chi connectivity index (χ0n) is 11.6. The van der Waals surface area contributed by atoms with Gasteiger partial charge in [-0.1, -0.05) is 6.92 Å². The second kappa shape index (κ2) is 7.51. The average molecular weight is 267 g/mol. The fourth-order valence-electron chi connectivity index (χ4n) is 1.52. The number of carbonyl (C=O) groups is 1. The fourth-order valence-corrected chi connectivity index (χ4v) is 1.52. The minimum absolute atomic E-state index is 0.370. The van der Waals surface area contributed by atoms with Crippen molar-refractivity contribution in [3.05, 3.63) is 18.2 Å². The number of rotatable bonds is 8. The molecule has 0 amide bonds. The van der Waals surface area contributed by atoms with Crippen molar-refractivity contribution in [3.8, 4) is 11.5 Å². The number of carboxylic acid groups (broad SMARTS) is 1. The number of ether oxygens (including phenoxy) is 2. The van der Waals surface area contributed by atoms with Crippen molar-refractivity contribution in [2.75, 3.05) is 25.1 Å². The first-order valence-electron chi connectivity index (χ1n) is 6.44. The summed E-state index contributed by atoms with van der Waals surface area (Å²) in [5.41, 5.74) is 0.819. The van der Waals surface area contributed by atoms with Crippen LogP contribution >= 0.6 is 0 Å². The van der Waals surface area contributed by atoms with Crippen LogP contribution in [0.15, 0.2) is 18.2 Å². The van der Waals surface area contributed by atoms with Crippen molar-refractivity contribution in [2.24, 2.45) is 5.92 Å². The van der Waals surface area contributed by atoms with E-state index in [1.54, 1.807) is 6.92 Å². The highest BCUT2D eigenvalue weighted by Gasteiger charge is 2.11. The Labute approximate surface area is 113 Å². The highest BCUT2D eigenvalue weighted by molar-refractivity contribution is 5.70. The number of hydrogen-bond donors (Lipinski definition) is 2. The van der Waals surface area contributed by atoms with Crippen LogP contribution in [0.25, 0.3) is 0 Å². The molecule has 0 heterocycles. The molecule has 5 heteroatoms. The Hall–Kier alpha value is -1.91. The Balaban J connectivity index is 2.74. The summed E-state index contributed by atoms with van der Waals surface area (Å²) < 4.78 is 11.0. The SMILES string of the molecule is CCOc1ccc(NCC(C)C(=O)O)cc1OCC. The van der Waals surface area contributed by atoms with E-state index in [2.05, 4.69) is 5.32 Å². The van der Waals surface area contributed by atoms with E-state index >= 15 is 0 Å². The molecule has 1 aromatic rings. The van der Waals surface area contributed by atoms with Crippen LogP contribution in [-0.2, 0) is 4.79 Å². The van der Waals surface area contributed by atoms with Crippen LogP contribution in [0.5, 0.6) is 11.5 Å². The molecule has 0 fully saturated rings. The molecule has 0 radical (unpaired) electrons. The highest BCUT2D eigenvalue weighted by atomic mass is 16.5. The van der Waals surface area contributed by atoms with Crippen LogP contribution in [-0.4, -0.2) is 30.8 Å². The van der Waals surface area contributed by atoms with Gasteiger partial charge in [0, 0.05) is 18.3 Å². The van der Waals surface area contributed by atoms with E-state index in [-0.39, 0.29) is 0 Å². The Bertz CT molecular complexity index is 420. The Morgan fingerprint density at radius 2 is 1.89 bits per heavy atom. The predicted molar refractivity (Wildman–Crippen MR) is 74.1 cm³/mol. The lowest BCUT2D eigenvalue weighted by molar-refractivity contribution is -0.140. The van der Waals surface area contributed by atoms with E-state index in [0.717, 1.165) is 5.69 Å². The minimum atomic E-state index is -0.816. The van der Waals surface area contributed by atoms with E-state index in [0.29, 0.717) is 31.3 Å². The van der Waals surface area contributed by atoms with E-state index in [4.69, 9.17) is 14.6 Å². The van der Waals surface area contributed by atoms with E-state index in [9.17, 15) is 4.79 Å². The standard InChI is InChI=1S/C14H21NO4/c1-4-18-12-7-6-11(8-13(12)19-5-2)15-9-10(3)14(16)17/h6-8,10,15H,4-5,9H2,1-3H3,(H,16,17). The summed E-state index contributed by atoms with van der Waals surface area (Å²) >= 11 is 0. The molecule has 0 bridgehead atoms. The van der Waals surface area contributed by atoms with Gasteiger partial charge < -0.3 is 19.9 Å². The molecule has 0 aliphatic heterocycles. The minimum Gasteiger partial charge on any atom is -0.490 e. The van der Waals surface area contributed by atoms with Gasteiger partial charge in [0.1, 0.15) is 0 Å². The molecule has 0 saturated carbocycles. The molecule has 0 aliphatic rings. The van der Waals surface area contributed by atoms with E-state index in [1.807, 2.05) is 32.0 Å². The van der Waals surface area contributed by atoms with Gasteiger partial charge in [0.05, 0.1) is 19.1 Å². The van der Waals surface area contributed by atoms with Gasteiger partial charge in [-0.3, -0.25) is 4.79 Å². The van der Waals surface area contributed by atoms with Crippen molar-refractivity contribution in [3.63, 3.8) is 0 Å². The van der Waals surface area contributed by atoms with E-state index in [1.165, 1.54) is 0 Å². The van der Waals surface area contributed by atoms with Crippen LogP contribution in [0, 0.1) is 5.92 Å². The molecule has 2 N–H and O–H groups in total. The maximum absolute atomic E-state index is 10.7. The first-order valence-corrected chi connectivity index (χ1v) is 6.44. The normalized spacial score (nSPS) is 11.7. The van der Waals surface area contributed by atoms with Gasteiger partial charge in [-0.05, 0) is 26.0 Å². The van der Waals surface area contributed by atoms with Crippen LogP contribution in [0.1, 0.15) is 20.8 Å². The molecule has 0 aromatic heterocycles. The molecule has 0 aliphatic carbocycles. The van der Waals surface area contributed by atoms with Crippen LogP contribution < -0.4 is 14.8 Å². The molecule has 1 atom stereocenters. The first-order chi connectivity index (χ1) is 9.08. The second-order valence-corrected chi connectivity index (χ2v) is 4.15. The fraction of sp³-hybridized carbons (Fsp3) is 0.500. The summed E-state index contributed by atoms with van der Waals surface area (Å²) in [6.07, 6.45) is 0. The molecule has 0 saturated heterocycles. The summed E-state index contributed by atoms with van der Waals surface area (Å²) in [7, 11) is 0. The lowest BCUT2D eigenvalue weighted by atomic mass is 10.2. The summed E-state index contributed by atoms with van der Waals surface area (Å²) in [4.78, 5) is 10.7. The van der Waals surface area contributed by atoms with Crippen LogP contribution in [0.3, 0.4) is 0 Å². The molecule has 0 spiro atoms. The summed E-state index contributed by atoms with van der Waals surface area (Å²) in [6, 6.07) is 5.49. The third-order valence-corrected chi connectivity index (χ3v) is 2.58. The maximum Gasteiger partial charge on any atom is 0.308 e. The quantitative estimate of drug-likeness (QED) is 0.757. The maximum atomic E-state index is 10.7. The molecule has 19 heavy (non-hydrogen) atoms. The third-order valence-electron chi connectivity index (χ3n) is 2.58. The Kier molecular flexibility index (Phi) is 5.99. The summed E-state index contributed by atoms with van der Waals surface area (Å²) in [5.74, 6) is 0.101. The van der Waals surface area contributed by atoms with Crippen LogP contribution in [0.2, 0.25) is 0 Å². The van der Waals surface area contributed by atoms with Crippen molar-refractivity contribution in [1.29, 1.82) is 0 Å². The zero-order valence-corrected chi connectivity index (χ0v) is 11.6. The number of anilines is 1. The molecular weight excluding hydrogens is 246 g/mol. The van der Waals surface area contributed by atoms with Gasteiger partial charge in [0.2, 0.25) is 0 Å². The lowest BCUT2D eigenvalue weighted by Gasteiger charge is -2.14. The third kappa shape index (κ3) is 4.69. The topological polar surface area (TPSA) is 67.8 Å². The van der Waals surface area contributed by atoms with Gasteiger partial charge in [-0.2, -0.15) is 0 Å². The monoisotopic (exact) mass is 267 g/mol. The largest absolute Gasteiger partial charge is 0.490 e. The molecule has 106 valence electrons. The molecular formula is C14H21NO4. The molecule has 1 rings (SSSR count). The first kappa shape index (κ1) is 15.1. The van der Waals surface area contributed by atoms with Crippen molar-refractivity contribution in [1.82, 2.24) is 0 Å². The Morgan fingerprint density at radius 1 is 1.26 bits per heavy atom. The van der Waals surface area contributed by atoms with Gasteiger partial charge in [0.15, 0.2) is 11.5 Å². The average Bonchev–Trinajstić information content (AvgIpc) is 2.39. The zero-order chi connectivity index (χ0) is 14.3. The van der Waals surface area contributed by atoms with Crippen molar-refractivity contribution in [2.45, 2.75) is 20.8 Å². The smallest absolute Gasteiger partial charge is 0.308 e. The summed E-state index contributed by atoms with van der Waals surface area (Å²) in [5, 5.41) is 11.9.